The molecule has 0 unspecified atom stereocenters. The number of alkyl halides is 3. The fourth-order valence-electron chi connectivity index (χ4n) is 2.41. The molecule has 25 heavy (non-hydrogen) atoms. The molecule has 0 aliphatic heterocycles. The van der Waals surface area contributed by atoms with Crippen molar-refractivity contribution in [2.24, 2.45) is 0 Å². The predicted octanol–water partition coefficient (Wildman–Crippen LogP) is 2.22. The molecule has 8 nitrogen and oxygen atoms in total. The Labute approximate surface area is 142 Å². The molecule has 0 spiro atoms. The first-order chi connectivity index (χ1) is 11.6. The van der Waals surface area contributed by atoms with E-state index in [2.05, 4.69) is 15.2 Å². The van der Waals surface area contributed by atoms with Crippen molar-refractivity contribution in [3.8, 4) is 11.3 Å². The number of fused-ring (bicyclic) bond motifs is 1. The molecule has 0 aromatic carbocycles. The van der Waals surface area contributed by atoms with Crippen molar-refractivity contribution in [3.05, 3.63) is 34.4 Å². The van der Waals surface area contributed by atoms with Crippen LogP contribution in [-0.4, -0.2) is 40.6 Å². The Hall–Kier alpha value is -2.66. The van der Waals surface area contributed by atoms with Gasteiger partial charge < -0.3 is 10.2 Å². The molecular formula is C13H9ClF3N5O3. The monoisotopic (exact) mass is 375 g/mol. The van der Waals surface area contributed by atoms with Crippen LogP contribution in [0.2, 0.25) is 5.15 Å². The fraction of sp³-hybridized carbons (Fsp3) is 0.231. The number of halogens is 4. The van der Waals surface area contributed by atoms with Crippen LogP contribution >= 0.6 is 11.6 Å². The van der Waals surface area contributed by atoms with Gasteiger partial charge in [-0.1, -0.05) is 11.6 Å². The fourth-order valence-corrected chi connectivity index (χ4v) is 2.74. The molecule has 3 aromatic rings. The van der Waals surface area contributed by atoms with Crippen LogP contribution in [0.3, 0.4) is 0 Å². The van der Waals surface area contributed by atoms with Gasteiger partial charge in [-0.3, -0.25) is 4.40 Å². The smallest absolute Gasteiger partial charge is 0.420 e. The Morgan fingerprint density at radius 1 is 1.40 bits per heavy atom. The van der Waals surface area contributed by atoms with Crippen molar-refractivity contribution >= 4 is 23.2 Å². The van der Waals surface area contributed by atoms with E-state index in [1.54, 1.807) is 0 Å². The van der Waals surface area contributed by atoms with Gasteiger partial charge in [-0.15, -0.1) is 0 Å². The van der Waals surface area contributed by atoms with Crippen molar-refractivity contribution in [2.75, 3.05) is 0 Å². The summed E-state index contributed by atoms with van der Waals surface area (Å²) in [5.74, 6) is -1.55. The Morgan fingerprint density at radius 3 is 2.60 bits per heavy atom. The third kappa shape index (κ3) is 2.70. The van der Waals surface area contributed by atoms with Crippen LogP contribution in [0.5, 0.6) is 0 Å². The number of hydrogen-bond donors (Lipinski definition) is 2. The van der Waals surface area contributed by atoms with E-state index in [4.69, 9.17) is 21.8 Å². The van der Waals surface area contributed by atoms with Gasteiger partial charge in [0.2, 0.25) is 0 Å². The topological polar surface area (TPSA) is 106 Å². The number of carboxylic acids is 1. The lowest BCUT2D eigenvalue weighted by atomic mass is 10.1. The lowest BCUT2D eigenvalue weighted by Gasteiger charge is -2.13. The maximum Gasteiger partial charge on any atom is 0.420 e. The molecule has 3 heterocycles. The summed E-state index contributed by atoms with van der Waals surface area (Å²) in [6, 6.07) is 0.797. The number of aliphatic hydroxyl groups excluding tert-OH is 1. The summed E-state index contributed by atoms with van der Waals surface area (Å²) in [5, 5.41) is 25.2. The second-order valence-electron chi connectivity index (χ2n) is 5.01. The normalized spacial score (nSPS) is 12.1. The van der Waals surface area contributed by atoms with Gasteiger partial charge in [0.05, 0.1) is 11.8 Å². The van der Waals surface area contributed by atoms with Gasteiger partial charge in [0.1, 0.15) is 10.8 Å². The van der Waals surface area contributed by atoms with Gasteiger partial charge >= 0.3 is 12.1 Å². The minimum absolute atomic E-state index is 0.0239. The summed E-state index contributed by atoms with van der Waals surface area (Å²) >= 11 is 5.94. The summed E-state index contributed by atoms with van der Waals surface area (Å²) in [6.07, 6.45) is -3.63. The average Bonchev–Trinajstić information content (AvgIpc) is 3.11. The van der Waals surface area contributed by atoms with E-state index in [0.29, 0.717) is 0 Å². The van der Waals surface area contributed by atoms with E-state index in [1.165, 1.54) is 13.1 Å². The van der Waals surface area contributed by atoms with Crippen LogP contribution in [0.4, 0.5) is 13.2 Å². The van der Waals surface area contributed by atoms with Crippen LogP contribution in [0.25, 0.3) is 16.9 Å². The maximum atomic E-state index is 13.4. The minimum atomic E-state index is -4.80. The Bertz CT molecular complexity index is 995. The second-order valence-corrected chi connectivity index (χ2v) is 5.37. The third-order valence-electron chi connectivity index (χ3n) is 3.52. The number of pyridine rings is 1. The van der Waals surface area contributed by atoms with Crippen molar-refractivity contribution in [1.29, 1.82) is 0 Å². The molecule has 0 saturated carbocycles. The quantitative estimate of drug-likeness (QED) is 0.727. The van der Waals surface area contributed by atoms with Gasteiger partial charge in [0.25, 0.3) is 0 Å². The number of rotatable bonds is 3. The van der Waals surface area contributed by atoms with Crippen LogP contribution in [0.1, 0.15) is 21.7 Å². The highest BCUT2D eigenvalue weighted by Crippen LogP contribution is 2.38. The van der Waals surface area contributed by atoms with E-state index >= 15 is 0 Å². The molecule has 0 bridgehead atoms. The van der Waals surface area contributed by atoms with Crippen molar-refractivity contribution < 1.29 is 28.2 Å². The van der Waals surface area contributed by atoms with Gasteiger partial charge in [0, 0.05) is 11.3 Å². The Kier molecular flexibility index (Phi) is 3.92. The second kappa shape index (κ2) is 5.70. The van der Waals surface area contributed by atoms with Crippen LogP contribution < -0.4 is 0 Å². The summed E-state index contributed by atoms with van der Waals surface area (Å²) in [5.41, 5.74) is -2.20. The maximum absolute atomic E-state index is 13.4. The summed E-state index contributed by atoms with van der Waals surface area (Å²) in [7, 11) is 0. The highest BCUT2D eigenvalue weighted by atomic mass is 35.5. The van der Waals surface area contributed by atoms with Crippen molar-refractivity contribution in [1.82, 2.24) is 24.4 Å². The lowest BCUT2D eigenvalue weighted by molar-refractivity contribution is -0.136. The van der Waals surface area contributed by atoms with E-state index in [-0.39, 0.29) is 17.0 Å². The number of aliphatic hydroxyl groups is 1. The highest BCUT2D eigenvalue weighted by molar-refractivity contribution is 6.32. The number of aromatic nitrogens is 5. The van der Waals surface area contributed by atoms with Crippen LogP contribution in [-0.2, 0) is 12.9 Å². The van der Waals surface area contributed by atoms with E-state index in [9.17, 15) is 18.0 Å². The van der Waals surface area contributed by atoms with Crippen molar-refractivity contribution in [3.63, 3.8) is 0 Å². The molecular weight excluding hydrogens is 367 g/mol. The molecule has 0 saturated heterocycles. The van der Waals surface area contributed by atoms with Crippen molar-refractivity contribution in [2.45, 2.75) is 19.8 Å². The zero-order valence-corrected chi connectivity index (χ0v) is 13.2. The number of aromatic carboxylic acids is 1. The predicted molar refractivity (Wildman–Crippen MR) is 78.1 cm³/mol. The van der Waals surface area contributed by atoms with Gasteiger partial charge in [-0.25, -0.2) is 9.78 Å². The van der Waals surface area contributed by atoms with E-state index < -0.39 is 40.9 Å². The van der Waals surface area contributed by atoms with E-state index in [0.717, 1.165) is 15.3 Å². The molecule has 0 radical (unpaired) electrons. The number of carboxylic acid groups (broad SMARTS) is 1. The number of nitrogens with zero attached hydrogens (tertiary/aromatic N) is 5. The summed E-state index contributed by atoms with van der Waals surface area (Å²) in [6.45, 7) is 0.891. The first kappa shape index (κ1) is 17.2. The van der Waals surface area contributed by atoms with Gasteiger partial charge in [-0.05, 0) is 13.0 Å². The SMILES string of the molecule is Cc1c(-c2cnn(CO)n2)cc(C(F)(F)F)c2nc(C(=O)O)c(Cl)n12. The minimum Gasteiger partial charge on any atom is -0.476 e. The molecule has 0 atom stereocenters. The van der Waals surface area contributed by atoms with Gasteiger partial charge in [-0.2, -0.15) is 28.2 Å². The Morgan fingerprint density at radius 2 is 2.08 bits per heavy atom. The average molecular weight is 376 g/mol. The number of aryl methyl sites for hydroxylation is 1. The molecule has 12 heteroatoms. The number of carbonyl (C=O) groups is 1. The molecule has 0 fully saturated rings. The van der Waals surface area contributed by atoms with Gasteiger partial charge in [0.15, 0.2) is 18.1 Å². The molecule has 0 amide bonds. The van der Waals surface area contributed by atoms with Crippen LogP contribution in [0, 0.1) is 6.92 Å². The summed E-state index contributed by atoms with van der Waals surface area (Å²) in [4.78, 5) is 15.6. The summed E-state index contributed by atoms with van der Waals surface area (Å²) < 4.78 is 41.2. The van der Waals surface area contributed by atoms with Crippen LogP contribution in [0.15, 0.2) is 12.3 Å². The largest absolute Gasteiger partial charge is 0.476 e. The molecule has 3 rings (SSSR count). The molecule has 0 aliphatic carbocycles. The standard InChI is InChI=1S/C13H9ClF3N5O3/c1-5-6(8-3-18-21(4-23)20-8)2-7(13(15,16)17)11-19-9(12(24)25)10(14)22(5)11/h2-3,23H,4H2,1H3,(H,24,25). The van der Waals surface area contributed by atoms with E-state index in [1.807, 2.05) is 0 Å². The highest BCUT2D eigenvalue weighted by Gasteiger charge is 2.37. The molecule has 2 N–H and O–H groups in total. The molecule has 0 aliphatic rings. The molecule has 3 aromatic heterocycles. The number of hydrogen-bond acceptors (Lipinski definition) is 5. The third-order valence-corrected chi connectivity index (χ3v) is 3.87. The number of imidazole rings is 1. The lowest BCUT2D eigenvalue weighted by Crippen LogP contribution is -2.10. The first-order valence-electron chi connectivity index (χ1n) is 6.68. The zero-order chi connectivity index (χ0) is 18.5. The molecule has 132 valence electrons. The zero-order valence-electron chi connectivity index (χ0n) is 12.4. The first-order valence-corrected chi connectivity index (χ1v) is 7.06. The Balaban J connectivity index is 2.41.